The molecule has 0 spiro atoms. The number of hydrogen-bond donors (Lipinski definition) is 1. The predicted octanol–water partition coefficient (Wildman–Crippen LogP) is 3.78. The molecule has 0 aliphatic rings. The Kier molecular flexibility index (Phi) is 5.24. The molecule has 9 nitrogen and oxygen atoms in total. The largest absolute Gasteiger partial charge is 0.419 e. The highest BCUT2D eigenvalue weighted by atomic mass is 32.2. The second kappa shape index (κ2) is 7.57. The van der Waals surface area contributed by atoms with Gasteiger partial charge in [-0.05, 0) is 26.0 Å². The Morgan fingerprint density at radius 2 is 2.04 bits per heavy atom. The van der Waals surface area contributed by atoms with Crippen molar-refractivity contribution in [3.8, 4) is 11.5 Å². The summed E-state index contributed by atoms with van der Waals surface area (Å²) >= 11 is 2.94. The number of hydrogen-bond acceptors (Lipinski definition) is 10. The van der Waals surface area contributed by atoms with Gasteiger partial charge in [0.2, 0.25) is 16.9 Å². The highest BCUT2D eigenvalue weighted by molar-refractivity contribution is 8.01. The van der Waals surface area contributed by atoms with E-state index in [9.17, 15) is 10.1 Å². The van der Waals surface area contributed by atoms with Gasteiger partial charge in [-0.2, -0.15) is 0 Å². The van der Waals surface area contributed by atoms with E-state index in [1.165, 1.54) is 35.2 Å². The third-order valence-corrected chi connectivity index (χ3v) is 5.18. The highest BCUT2D eigenvalue weighted by Crippen LogP contribution is 2.37. The molecule has 1 N–H and O–H groups in total. The number of aromatic nitrogens is 4. The molecule has 0 saturated carbocycles. The van der Waals surface area contributed by atoms with Crippen molar-refractivity contribution in [1.29, 1.82) is 0 Å². The van der Waals surface area contributed by atoms with E-state index in [0.717, 1.165) is 16.0 Å². The van der Waals surface area contributed by atoms with E-state index in [2.05, 4.69) is 25.7 Å². The molecule has 0 bridgehead atoms. The Bertz CT molecular complexity index is 864. The number of nitro groups is 1. The minimum absolute atomic E-state index is 0.0141. The maximum absolute atomic E-state index is 10.7. The monoisotopic (exact) mass is 378 g/mol. The van der Waals surface area contributed by atoms with E-state index in [4.69, 9.17) is 4.42 Å². The van der Waals surface area contributed by atoms with Crippen LogP contribution in [0.2, 0.25) is 0 Å². The quantitative estimate of drug-likeness (QED) is 0.372. The van der Waals surface area contributed by atoms with Gasteiger partial charge in [0.1, 0.15) is 0 Å². The molecule has 0 fully saturated rings. The van der Waals surface area contributed by atoms with Crippen LogP contribution in [0.15, 0.2) is 33.0 Å². The maximum atomic E-state index is 10.7. The minimum atomic E-state index is -0.453. The van der Waals surface area contributed by atoms with E-state index >= 15 is 0 Å². The number of thioether (sulfide) groups is 1. The highest BCUT2D eigenvalue weighted by Gasteiger charge is 2.19. The molecule has 1 aromatic carbocycles. The van der Waals surface area contributed by atoms with Crippen molar-refractivity contribution in [2.75, 3.05) is 11.9 Å². The van der Waals surface area contributed by atoms with Gasteiger partial charge in [-0.15, -0.1) is 20.4 Å². The van der Waals surface area contributed by atoms with Crippen molar-refractivity contribution in [2.45, 2.75) is 23.4 Å². The van der Waals surface area contributed by atoms with Crippen LogP contribution in [0.1, 0.15) is 25.0 Å². The van der Waals surface area contributed by atoms with Gasteiger partial charge in [0.05, 0.1) is 10.2 Å². The van der Waals surface area contributed by atoms with Crippen LogP contribution >= 0.6 is 23.1 Å². The Hall–Kier alpha value is -2.53. The van der Waals surface area contributed by atoms with Crippen LogP contribution in [0.5, 0.6) is 0 Å². The molecule has 0 amide bonds. The van der Waals surface area contributed by atoms with Crippen LogP contribution < -0.4 is 5.32 Å². The Morgan fingerprint density at radius 3 is 2.72 bits per heavy atom. The van der Waals surface area contributed by atoms with Crippen LogP contribution in [0.25, 0.3) is 11.5 Å². The van der Waals surface area contributed by atoms with Gasteiger partial charge in [-0.25, -0.2) is 0 Å². The molecule has 0 aliphatic carbocycles. The lowest BCUT2D eigenvalue weighted by Crippen LogP contribution is -1.94. The van der Waals surface area contributed by atoms with Crippen molar-refractivity contribution in [2.24, 2.45) is 0 Å². The maximum Gasteiger partial charge on any atom is 0.269 e. The molecule has 25 heavy (non-hydrogen) atoms. The average molecular weight is 378 g/mol. The fourth-order valence-corrected chi connectivity index (χ4v) is 3.92. The van der Waals surface area contributed by atoms with E-state index < -0.39 is 4.92 Å². The molecular formula is C14H14N6O3S2. The molecule has 3 aromatic rings. The summed E-state index contributed by atoms with van der Waals surface area (Å²) in [5, 5.41) is 30.7. The summed E-state index contributed by atoms with van der Waals surface area (Å²) < 4.78 is 6.49. The third-order valence-electron chi connectivity index (χ3n) is 3.13. The molecule has 1 unspecified atom stereocenters. The van der Waals surface area contributed by atoms with Crippen molar-refractivity contribution in [3.63, 3.8) is 0 Å². The van der Waals surface area contributed by atoms with Crippen molar-refractivity contribution in [1.82, 2.24) is 20.4 Å². The van der Waals surface area contributed by atoms with Gasteiger partial charge in [-0.1, -0.05) is 23.1 Å². The number of benzene rings is 1. The topological polar surface area (TPSA) is 120 Å². The first kappa shape index (κ1) is 17.3. The van der Waals surface area contributed by atoms with Crippen molar-refractivity contribution >= 4 is 33.9 Å². The smallest absolute Gasteiger partial charge is 0.269 e. The number of rotatable bonds is 7. The predicted molar refractivity (Wildman–Crippen MR) is 94.7 cm³/mol. The fraction of sp³-hybridized carbons (Fsp3) is 0.286. The summed E-state index contributed by atoms with van der Waals surface area (Å²) in [6.45, 7) is 4.72. The zero-order chi connectivity index (χ0) is 17.8. The summed E-state index contributed by atoms with van der Waals surface area (Å²) in [7, 11) is 0. The molecule has 130 valence electrons. The number of anilines is 1. The molecule has 2 heterocycles. The van der Waals surface area contributed by atoms with E-state index in [1.807, 2.05) is 13.8 Å². The average Bonchev–Trinajstić information content (AvgIpc) is 3.25. The van der Waals surface area contributed by atoms with Crippen molar-refractivity contribution < 1.29 is 9.34 Å². The summed E-state index contributed by atoms with van der Waals surface area (Å²) in [4.78, 5) is 10.2. The summed E-state index contributed by atoms with van der Waals surface area (Å²) in [5.41, 5.74) is 0.645. The van der Waals surface area contributed by atoms with Gasteiger partial charge < -0.3 is 9.73 Å². The first-order valence-electron chi connectivity index (χ1n) is 7.39. The normalized spacial score (nSPS) is 12.1. The zero-order valence-electron chi connectivity index (χ0n) is 13.4. The lowest BCUT2D eigenvalue weighted by atomic mass is 10.2. The molecule has 0 aliphatic heterocycles. The fourth-order valence-electron chi connectivity index (χ4n) is 1.92. The number of nitrogens with zero attached hydrogens (tertiary/aromatic N) is 5. The van der Waals surface area contributed by atoms with Crippen LogP contribution in [0.4, 0.5) is 10.8 Å². The molecule has 3 rings (SSSR count). The van der Waals surface area contributed by atoms with Crippen molar-refractivity contribution in [3.05, 3.63) is 40.3 Å². The molecule has 0 radical (unpaired) electrons. The molecular weight excluding hydrogens is 364 g/mol. The Balaban J connectivity index is 1.70. The van der Waals surface area contributed by atoms with Gasteiger partial charge in [0, 0.05) is 24.2 Å². The summed E-state index contributed by atoms with van der Waals surface area (Å²) in [6, 6.07) is 5.98. The lowest BCUT2D eigenvalue weighted by molar-refractivity contribution is -0.384. The van der Waals surface area contributed by atoms with E-state index in [0.29, 0.717) is 17.3 Å². The van der Waals surface area contributed by atoms with Gasteiger partial charge >= 0.3 is 0 Å². The Labute approximate surface area is 151 Å². The van der Waals surface area contributed by atoms with Crippen LogP contribution in [-0.4, -0.2) is 31.9 Å². The van der Waals surface area contributed by atoms with Gasteiger partial charge in [0.15, 0.2) is 4.34 Å². The second-order valence-corrected chi connectivity index (χ2v) is 7.48. The van der Waals surface area contributed by atoms with Gasteiger partial charge in [0.25, 0.3) is 5.69 Å². The van der Waals surface area contributed by atoms with E-state index in [1.54, 1.807) is 12.1 Å². The molecule has 11 heteroatoms. The SMILES string of the molecule is CCNc1nnc(SC(C)c2nnc(-c3ccc([N+](=O)[O-])cc3)o2)s1. The van der Waals surface area contributed by atoms with Crippen LogP contribution in [-0.2, 0) is 0 Å². The van der Waals surface area contributed by atoms with E-state index in [-0.39, 0.29) is 10.9 Å². The second-order valence-electron chi connectivity index (χ2n) is 4.91. The summed E-state index contributed by atoms with van der Waals surface area (Å²) in [5.74, 6) is 0.779. The minimum Gasteiger partial charge on any atom is -0.419 e. The molecule has 1 atom stereocenters. The van der Waals surface area contributed by atoms with Crippen LogP contribution in [0, 0.1) is 10.1 Å². The first-order valence-corrected chi connectivity index (χ1v) is 9.08. The van der Waals surface area contributed by atoms with Gasteiger partial charge in [-0.3, -0.25) is 10.1 Å². The Morgan fingerprint density at radius 1 is 1.28 bits per heavy atom. The first-order chi connectivity index (χ1) is 12.1. The number of nitrogens with one attached hydrogen (secondary N) is 1. The number of nitro benzene ring substituents is 1. The lowest BCUT2D eigenvalue weighted by Gasteiger charge is -2.02. The molecule has 0 saturated heterocycles. The molecule has 2 aromatic heterocycles. The zero-order valence-corrected chi connectivity index (χ0v) is 15.0. The number of non-ortho nitro benzene ring substituents is 1. The third kappa shape index (κ3) is 4.12. The standard InChI is InChI=1S/C14H14N6O3S2/c1-3-15-13-18-19-14(25-13)24-8(2)11-16-17-12(23-11)9-4-6-10(7-5-9)20(21)22/h4-8H,3H2,1-2H3,(H,15,18). The summed E-state index contributed by atoms with van der Waals surface area (Å²) in [6.07, 6.45) is 0. The van der Waals surface area contributed by atoms with Crippen LogP contribution in [0.3, 0.4) is 0 Å².